The van der Waals surface area contributed by atoms with Crippen molar-refractivity contribution < 1.29 is 9.90 Å². The predicted octanol–water partition coefficient (Wildman–Crippen LogP) is 0.752. The number of carboxylic acids is 1. The maximum Gasteiger partial charge on any atom is 0.323 e. The Balaban J connectivity index is 1.65. The van der Waals surface area contributed by atoms with E-state index in [-0.39, 0.29) is 0 Å². The molecule has 0 bridgehead atoms. The molecule has 1 saturated heterocycles. The Kier molecular flexibility index (Phi) is 4.02. The van der Waals surface area contributed by atoms with E-state index in [4.69, 9.17) is 0 Å². The second-order valence-corrected chi connectivity index (χ2v) is 6.90. The Morgan fingerprint density at radius 1 is 1.20 bits per heavy atom. The zero-order valence-corrected chi connectivity index (χ0v) is 12.5. The number of likely N-dealkylation sites (N-methyl/N-ethyl adjacent to an activating group) is 1. The number of carboxylic acid groups (broad SMARTS) is 1. The van der Waals surface area contributed by atoms with Gasteiger partial charge in [-0.05, 0) is 45.6 Å². The monoisotopic (exact) mass is 281 g/mol. The van der Waals surface area contributed by atoms with Gasteiger partial charge >= 0.3 is 5.97 Å². The highest BCUT2D eigenvalue weighted by molar-refractivity contribution is 5.79. The number of carbonyl (C=O) groups is 1. The van der Waals surface area contributed by atoms with Crippen molar-refractivity contribution in [1.29, 1.82) is 0 Å². The van der Waals surface area contributed by atoms with E-state index in [0.29, 0.717) is 12.1 Å². The van der Waals surface area contributed by atoms with E-state index in [9.17, 15) is 9.90 Å². The molecule has 2 aliphatic carbocycles. The predicted molar refractivity (Wildman–Crippen MR) is 77.9 cm³/mol. The molecule has 0 aromatic rings. The second-order valence-electron chi connectivity index (χ2n) is 6.90. The topological polar surface area (TPSA) is 55.8 Å². The molecule has 2 saturated carbocycles. The average Bonchev–Trinajstić information content (AvgIpc) is 3.23. The summed E-state index contributed by atoms with van der Waals surface area (Å²) in [5, 5.41) is 13.2. The summed E-state index contributed by atoms with van der Waals surface area (Å²) in [5.74, 6) is -0.636. The number of piperazine rings is 1. The molecular weight excluding hydrogens is 254 g/mol. The summed E-state index contributed by atoms with van der Waals surface area (Å²) in [4.78, 5) is 16.7. The summed E-state index contributed by atoms with van der Waals surface area (Å²) in [5.41, 5.74) is -0.659. The van der Waals surface area contributed by atoms with Crippen molar-refractivity contribution >= 4 is 5.97 Å². The van der Waals surface area contributed by atoms with Crippen LogP contribution in [0.4, 0.5) is 0 Å². The van der Waals surface area contributed by atoms with Crippen LogP contribution in [0.3, 0.4) is 0 Å². The number of rotatable bonds is 4. The van der Waals surface area contributed by atoms with Gasteiger partial charge in [0.1, 0.15) is 5.54 Å². The van der Waals surface area contributed by atoms with Crippen molar-refractivity contribution in [2.24, 2.45) is 0 Å². The van der Waals surface area contributed by atoms with Gasteiger partial charge in [-0.2, -0.15) is 0 Å². The van der Waals surface area contributed by atoms with E-state index in [2.05, 4.69) is 22.2 Å². The Hall–Kier alpha value is -0.650. The Morgan fingerprint density at radius 3 is 2.50 bits per heavy atom. The highest BCUT2D eigenvalue weighted by Gasteiger charge is 2.47. The largest absolute Gasteiger partial charge is 0.480 e. The van der Waals surface area contributed by atoms with Crippen LogP contribution in [0.2, 0.25) is 0 Å². The molecule has 20 heavy (non-hydrogen) atoms. The molecule has 2 N–H and O–H groups in total. The molecule has 0 radical (unpaired) electrons. The third kappa shape index (κ3) is 3.00. The molecule has 0 spiro atoms. The standard InChI is InChI=1S/C15H27N3O2/c1-17-7-9-18(10-8-17)13-3-2-6-15(11-13,14(19)20)16-12-4-5-12/h12-13,16H,2-11H2,1H3,(H,19,20). The van der Waals surface area contributed by atoms with Gasteiger partial charge in [0, 0.05) is 38.3 Å². The van der Waals surface area contributed by atoms with Crippen LogP contribution < -0.4 is 5.32 Å². The quantitative estimate of drug-likeness (QED) is 0.796. The second kappa shape index (κ2) is 5.62. The van der Waals surface area contributed by atoms with Crippen LogP contribution in [-0.2, 0) is 4.79 Å². The van der Waals surface area contributed by atoms with E-state index < -0.39 is 11.5 Å². The van der Waals surface area contributed by atoms with Crippen LogP contribution in [0.15, 0.2) is 0 Å². The van der Waals surface area contributed by atoms with Crippen LogP contribution >= 0.6 is 0 Å². The average molecular weight is 281 g/mol. The normalized spacial score (nSPS) is 37.0. The Bertz CT molecular complexity index is 364. The zero-order chi connectivity index (χ0) is 14.2. The van der Waals surface area contributed by atoms with E-state index >= 15 is 0 Å². The van der Waals surface area contributed by atoms with Crippen LogP contribution in [-0.4, -0.2) is 71.7 Å². The summed E-state index contributed by atoms with van der Waals surface area (Å²) < 4.78 is 0. The first-order valence-electron chi connectivity index (χ1n) is 8.03. The van der Waals surface area contributed by atoms with Gasteiger partial charge in [0.2, 0.25) is 0 Å². The fraction of sp³-hybridized carbons (Fsp3) is 0.933. The van der Waals surface area contributed by atoms with Crippen LogP contribution in [0.25, 0.3) is 0 Å². The molecule has 0 amide bonds. The molecule has 0 aromatic carbocycles. The summed E-state index contributed by atoms with van der Waals surface area (Å²) in [6, 6.07) is 0.900. The Morgan fingerprint density at radius 2 is 1.90 bits per heavy atom. The van der Waals surface area contributed by atoms with Gasteiger partial charge in [0.15, 0.2) is 0 Å². The lowest BCUT2D eigenvalue weighted by Crippen LogP contribution is -2.60. The molecule has 0 aromatic heterocycles. The fourth-order valence-corrected chi connectivity index (χ4v) is 3.75. The van der Waals surface area contributed by atoms with Crippen molar-refractivity contribution in [3.8, 4) is 0 Å². The molecule has 3 aliphatic rings. The van der Waals surface area contributed by atoms with Gasteiger partial charge in [0.05, 0.1) is 0 Å². The zero-order valence-electron chi connectivity index (χ0n) is 12.5. The minimum Gasteiger partial charge on any atom is -0.480 e. The van der Waals surface area contributed by atoms with E-state index in [1.54, 1.807) is 0 Å². The van der Waals surface area contributed by atoms with E-state index in [0.717, 1.165) is 64.7 Å². The van der Waals surface area contributed by atoms with Gasteiger partial charge in [-0.3, -0.25) is 15.0 Å². The van der Waals surface area contributed by atoms with Crippen molar-refractivity contribution in [3.63, 3.8) is 0 Å². The maximum atomic E-state index is 11.8. The van der Waals surface area contributed by atoms with E-state index in [1.807, 2.05) is 0 Å². The summed E-state index contributed by atoms with van der Waals surface area (Å²) in [7, 11) is 2.16. The molecule has 5 heteroatoms. The molecule has 114 valence electrons. The lowest BCUT2D eigenvalue weighted by molar-refractivity contribution is -0.147. The van der Waals surface area contributed by atoms with Gasteiger partial charge < -0.3 is 10.0 Å². The molecule has 2 atom stereocenters. The minimum atomic E-state index is -0.659. The molecule has 5 nitrogen and oxygen atoms in total. The first-order chi connectivity index (χ1) is 9.59. The van der Waals surface area contributed by atoms with Crippen LogP contribution in [0.5, 0.6) is 0 Å². The van der Waals surface area contributed by atoms with Gasteiger partial charge in [-0.1, -0.05) is 0 Å². The number of hydrogen-bond donors (Lipinski definition) is 2. The maximum absolute atomic E-state index is 11.8. The number of nitrogens with one attached hydrogen (secondary N) is 1. The summed E-state index contributed by atoms with van der Waals surface area (Å²) in [6.45, 7) is 4.37. The molecule has 3 rings (SSSR count). The molecule has 1 aliphatic heterocycles. The highest BCUT2D eigenvalue weighted by atomic mass is 16.4. The van der Waals surface area contributed by atoms with Crippen molar-refractivity contribution in [2.75, 3.05) is 33.2 Å². The molecule has 1 heterocycles. The molecule has 3 fully saturated rings. The molecular formula is C15H27N3O2. The van der Waals surface area contributed by atoms with Crippen molar-refractivity contribution in [1.82, 2.24) is 15.1 Å². The van der Waals surface area contributed by atoms with Gasteiger partial charge in [-0.25, -0.2) is 0 Å². The fourth-order valence-electron chi connectivity index (χ4n) is 3.75. The minimum absolute atomic E-state index is 0.444. The lowest BCUT2D eigenvalue weighted by Gasteiger charge is -2.45. The SMILES string of the molecule is CN1CCN(C2CCCC(NC3CC3)(C(=O)O)C2)CC1. The van der Waals surface area contributed by atoms with Crippen molar-refractivity contribution in [3.05, 3.63) is 0 Å². The van der Waals surface area contributed by atoms with Gasteiger partial charge in [0.25, 0.3) is 0 Å². The van der Waals surface area contributed by atoms with E-state index in [1.165, 1.54) is 0 Å². The number of nitrogens with zero attached hydrogens (tertiary/aromatic N) is 2. The summed E-state index contributed by atoms with van der Waals surface area (Å²) in [6.07, 6.45) is 6.06. The molecule has 2 unspecified atom stereocenters. The first-order valence-corrected chi connectivity index (χ1v) is 8.03. The lowest BCUT2D eigenvalue weighted by atomic mass is 9.78. The van der Waals surface area contributed by atoms with Crippen LogP contribution in [0, 0.1) is 0 Å². The third-order valence-electron chi connectivity index (χ3n) is 5.25. The third-order valence-corrected chi connectivity index (χ3v) is 5.25. The van der Waals surface area contributed by atoms with Gasteiger partial charge in [-0.15, -0.1) is 0 Å². The number of hydrogen-bond acceptors (Lipinski definition) is 4. The summed E-state index contributed by atoms with van der Waals surface area (Å²) >= 11 is 0. The smallest absolute Gasteiger partial charge is 0.323 e. The van der Waals surface area contributed by atoms with Crippen molar-refractivity contribution in [2.45, 2.75) is 56.1 Å². The number of aliphatic carboxylic acids is 1. The van der Waals surface area contributed by atoms with Crippen LogP contribution in [0.1, 0.15) is 38.5 Å². The Labute approximate surface area is 121 Å². The first kappa shape index (κ1) is 14.3. The highest BCUT2D eigenvalue weighted by Crippen LogP contribution is 2.35.